The largest absolute Gasteiger partial charge is 0.500 e. The molecule has 0 bridgehead atoms. The molecule has 5 N–H and O–H groups in total. The van der Waals surface area contributed by atoms with Gasteiger partial charge in [0.1, 0.15) is 5.84 Å². The number of methoxy groups -OCH3 is 1. The van der Waals surface area contributed by atoms with Crippen LogP contribution in [0, 0.1) is 21.4 Å². The van der Waals surface area contributed by atoms with Gasteiger partial charge in [-0.15, -0.1) is 0 Å². The minimum absolute atomic E-state index is 0.0108. The predicted octanol–water partition coefficient (Wildman–Crippen LogP) is 4.06. The summed E-state index contributed by atoms with van der Waals surface area (Å²) in [6.45, 7) is 0. The first-order valence-electron chi connectivity index (χ1n) is 10.3. The maximum Gasteiger partial charge on any atom is 0.315 e. The summed E-state index contributed by atoms with van der Waals surface area (Å²) in [4.78, 5) is 11.0. The van der Waals surface area contributed by atoms with Gasteiger partial charge in [-0.1, -0.05) is 24.3 Å². The van der Waals surface area contributed by atoms with Crippen LogP contribution in [0.3, 0.4) is 0 Å². The SMILES string of the molecule is COc1cc(C2Nc3ccc(C(=N)N)cc3C3c4ccccc4CC23)cc([N+](=O)[O-])c1O. The van der Waals surface area contributed by atoms with Crippen molar-refractivity contribution in [2.24, 2.45) is 11.7 Å². The Balaban J connectivity index is 1.69. The molecule has 1 heterocycles. The highest BCUT2D eigenvalue weighted by atomic mass is 16.6. The Hall–Kier alpha value is -4.07. The highest BCUT2D eigenvalue weighted by Gasteiger charge is 2.44. The third-order valence-corrected chi connectivity index (χ3v) is 6.56. The lowest BCUT2D eigenvalue weighted by Crippen LogP contribution is -2.31. The standard InChI is InChI=1S/C24H22N4O4/c1-32-20-11-14(10-19(23(20)29)28(30)31)22-17-8-12-4-2-3-5-15(12)21(17)16-9-13(24(25)26)6-7-18(16)27-22/h2-7,9-11,17,21-22,27,29H,8H2,1H3,(H3,25,26). The highest BCUT2D eigenvalue weighted by Crippen LogP contribution is 2.55. The van der Waals surface area contributed by atoms with Crippen molar-refractivity contribution in [3.8, 4) is 11.5 Å². The first-order chi connectivity index (χ1) is 15.4. The number of nitrogens with zero attached hydrogens (tertiary/aromatic N) is 1. The van der Waals surface area contributed by atoms with Crippen molar-refractivity contribution in [2.45, 2.75) is 18.4 Å². The van der Waals surface area contributed by atoms with E-state index in [0.717, 1.165) is 17.7 Å². The van der Waals surface area contributed by atoms with Crippen molar-refractivity contribution in [3.63, 3.8) is 0 Å². The number of phenolic OH excluding ortho intramolecular Hbond substituents is 1. The Kier molecular flexibility index (Phi) is 4.51. The summed E-state index contributed by atoms with van der Waals surface area (Å²) in [5, 5.41) is 33.2. The molecule has 0 amide bonds. The van der Waals surface area contributed by atoms with E-state index in [-0.39, 0.29) is 35.2 Å². The number of benzene rings is 3. The molecule has 1 aliphatic carbocycles. The zero-order chi connectivity index (χ0) is 22.6. The molecule has 0 aromatic heterocycles. The molecular formula is C24H22N4O4. The molecule has 3 aromatic rings. The molecule has 2 aliphatic rings. The van der Waals surface area contributed by atoms with Crippen molar-refractivity contribution < 1.29 is 14.8 Å². The van der Waals surface area contributed by atoms with E-state index in [1.165, 1.54) is 24.3 Å². The molecule has 0 spiro atoms. The minimum Gasteiger partial charge on any atom is -0.500 e. The summed E-state index contributed by atoms with van der Waals surface area (Å²) in [5.74, 6) is -0.270. The highest BCUT2D eigenvalue weighted by molar-refractivity contribution is 5.95. The second kappa shape index (κ2) is 7.26. The van der Waals surface area contributed by atoms with Crippen LogP contribution < -0.4 is 15.8 Å². The molecule has 32 heavy (non-hydrogen) atoms. The fraction of sp³-hybridized carbons (Fsp3) is 0.208. The molecule has 3 unspecified atom stereocenters. The van der Waals surface area contributed by atoms with E-state index >= 15 is 0 Å². The number of amidine groups is 1. The fourth-order valence-corrected chi connectivity index (χ4v) is 5.15. The van der Waals surface area contributed by atoms with Crippen LogP contribution in [-0.2, 0) is 6.42 Å². The number of nitro groups is 1. The van der Waals surface area contributed by atoms with E-state index < -0.39 is 10.7 Å². The van der Waals surface area contributed by atoms with Crippen LogP contribution in [0.1, 0.15) is 39.8 Å². The molecule has 0 radical (unpaired) electrons. The van der Waals surface area contributed by atoms with E-state index in [0.29, 0.717) is 11.1 Å². The minimum atomic E-state index is -0.599. The average molecular weight is 430 g/mol. The number of anilines is 1. The molecule has 0 saturated carbocycles. The molecule has 0 saturated heterocycles. The van der Waals surface area contributed by atoms with Crippen molar-refractivity contribution in [1.29, 1.82) is 5.41 Å². The molecule has 8 heteroatoms. The summed E-state index contributed by atoms with van der Waals surface area (Å²) in [5.41, 5.74) is 11.1. The Morgan fingerprint density at radius 1 is 1.22 bits per heavy atom. The van der Waals surface area contributed by atoms with Crippen LogP contribution in [0.5, 0.6) is 11.5 Å². The molecule has 8 nitrogen and oxygen atoms in total. The van der Waals surface area contributed by atoms with E-state index in [4.69, 9.17) is 15.9 Å². The van der Waals surface area contributed by atoms with Gasteiger partial charge in [-0.25, -0.2) is 0 Å². The van der Waals surface area contributed by atoms with Gasteiger partial charge in [0.05, 0.1) is 18.1 Å². The number of rotatable bonds is 4. The first kappa shape index (κ1) is 19.9. The number of hydrogen-bond donors (Lipinski definition) is 4. The third kappa shape index (κ3) is 2.95. The van der Waals surface area contributed by atoms with E-state index in [2.05, 4.69) is 17.4 Å². The van der Waals surface area contributed by atoms with Gasteiger partial charge in [-0.2, -0.15) is 0 Å². The second-order valence-corrected chi connectivity index (χ2v) is 8.23. The number of ether oxygens (including phenoxy) is 1. The first-order valence-corrected chi connectivity index (χ1v) is 10.3. The normalized spacial score (nSPS) is 20.5. The van der Waals surface area contributed by atoms with Gasteiger partial charge in [0.25, 0.3) is 0 Å². The summed E-state index contributed by atoms with van der Waals surface area (Å²) < 4.78 is 5.23. The van der Waals surface area contributed by atoms with Gasteiger partial charge in [-0.05, 0) is 58.9 Å². The van der Waals surface area contributed by atoms with Gasteiger partial charge >= 0.3 is 5.69 Å². The maximum absolute atomic E-state index is 11.6. The number of fused-ring (bicyclic) bond motifs is 5. The summed E-state index contributed by atoms with van der Waals surface area (Å²) in [6, 6.07) is 16.8. The van der Waals surface area contributed by atoms with Crippen LogP contribution in [0.15, 0.2) is 54.6 Å². The molecule has 0 fully saturated rings. The molecule has 3 atom stereocenters. The lowest BCUT2D eigenvalue weighted by Gasteiger charge is -2.38. The Bertz CT molecular complexity index is 1270. The van der Waals surface area contributed by atoms with Crippen molar-refractivity contribution in [1.82, 2.24) is 0 Å². The van der Waals surface area contributed by atoms with Crippen LogP contribution >= 0.6 is 0 Å². The third-order valence-electron chi connectivity index (χ3n) is 6.56. The number of hydrogen-bond acceptors (Lipinski definition) is 6. The molecule has 1 aliphatic heterocycles. The zero-order valence-electron chi connectivity index (χ0n) is 17.3. The lowest BCUT2D eigenvalue weighted by molar-refractivity contribution is -0.386. The monoisotopic (exact) mass is 430 g/mol. The quantitative estimate of drug-likeness (QED) is 0.213. The number of nitrogens with one attached hydrogen (secondary N) is 2. The van der Waals surface area contributed by atoms with Gasteiger partial charge in [-0.3, -0.25) is 15.5 Å². The number of nitrogens with two attached hydrogens (primary N) is 1. The number of phenols is 1. The smallest absolute Gasteiger partial charge is 0.315 e. The van der Waals surface area contributed by atoms with Gasteiger partial charge in [0.2, 0.25) is 5.75 Å². The van der Waals surface area contributed by atoms with Crippen LogP contribution in [0.25, 0.3) is 0 Å². The van der Waals surface area contributed by atoms with Crippen molar-refractivity contribution >= 4 is 17.2 Å². The summed E-state index contributed by atoms with van der Waals surface area (Å²) in [6.07, 6.45) is 0.791. The number of aromatic hydroxyl groups is 1. The number of nitrogen functional groups attached to an aromatic ring is 1. The van der Waals surface area contributed by atoms with E-state index in [1.807, 2.05) is 24.3 Å². The van der Waals surface area contributed by atoms with Crippen LogP contribution in [0.4, 0.5) is 11.4 Å². The summed E-state index contributed by atoms with van der Waals surface area (Å²) in [7, 11) is 1.38. The molecule has 162 valence electrons. The maximum atomic E-state index is 11.6. The van der Waals surface area contributed by atoms with Gasteiger partial charge < -0.3 is 20.9 Å². The Morgan fingerprint density at radius 3 is 2.72 bits per heavy atom. The lowest BCUT2D eigenvalue weighted by atomic mass is 9.75. The van der Waals surface area contributed by atoms with E-state index in [9.17, 15) is 15.2 Å². The van der Waals surface area contributed by atoms with Crippen molar-refractivity contribution in [2.75, 3.05) is 12.4 Å². The number of nitro benzene ring substituents is 1. The fourth-order valence-electron chi connectivity index (χ4n) is 5.15. The molecule has 5 rings (SSSR count). The van der Waals surface area contributed by atoms with Gasteiger partial charge in [0, 0.05) is 23.2 Å². The Morgan fingerprint density at radius 2 is 2.00 bits per heavy atom. The van der Waals surface area contributed by atoms with Gasteiger partial charge in [0.15, 0.2) is 5.75 Å². The predicted molar refractivity (Wildman–Crippen MR) is 121 cm³/mol. The second-order valence-electron chi connectivity index (χ2n) is 8.23. The molecule has 3 aromatic carbocycles. The van der Waals surface area contributed by atoms with Crippen molar-refractivity contribution in [3.05, 3.63) is 92.5 Å². The molecular weight excluding hydrogens is 408 g/mol. The van der Waals surface area contributed by atoms with E-state index in [1.54, 1.807) is 12.1 Å². The average Bonchev–Trinajstić information content (AvgIpc) is 3.18. The summed E-state index contributed by atoms with van der Waals surface area (Å²) >= 11 is 0. The topological polar surface area (TPSA) is 134 Å². The van der Waals surface area contributed by atoms with Crippen LogP contribution in [0.2, 0.25) is 0 Å². The van der Waals surface area contributed by atoms with Crippen LogP contribution in [-0.4, -0.2) is 23.0 Å². The zero-order valence-corrected chi connectivity index (χ0v) is 17.3. The Labute approximate surface area is 184 Å².